The molecule has 0 aliphatic heterocycles. The Hall–Kier alpha value is -2.83. The highest BCUT2D eigenvalue weighted by molar-refractivity contribution is 7.92. The van der Waals surface area contributed by atoms with Crippen LogP contribution in [0.15, 0.2) is 40.2 Å². The van der Waals surface area contributed by atoms with Crippen LogP contribution < -0.4 is 4.74 Å². The highest BCUT2D eigenvalue weighted by Crippen LogP contribution is 2.38. The molecule has 0 fully saturated rings. The van der Waals surface area contributed by atoms with Gasteiger partial charge in [0.05, 0.1) is 16.5 Å². The Morgan fingerprint density at radius 3 is 2.80 bits per heavy atom. The minimum absolute atomic E-state index is 0.0901. The molecule has 1 N–H and O–H groups in total. The summed E-state index contributed by atoms with van der Waals surface area (Å²) in [7, 11) is -2.03. The first-order valence-corrected chi connectivity index (χ1v) is 11.0. The number of nitrogens with zero attached hydrogens (tertiary/aromatic N) is 2. The maximum Gasteiger partial charge on any atom is 0.176 e. The summed E-state index contributed by atoms with van der Waals surface area (Å²) < 4.78 is 58.4. The lowest BCUT2D eigenvalue weighted by atomic mass is 10.1. The monoisotopic (exact) mass is 433 g/mol. The van der Waals surface area contributed by atoms with Crippen molar-refractivity contribution in [2.45, 2.75) is 24.2 Å². The van der Waals surface area contributed by atoms with Crippen LogP contribution in [0.4, 0.5) is 8.78 Å². The van der Waals surface area contributed by atoms with Crippen LogP contribution in [-0.2, 0) is 20.9 Å². The minimum atomic E-state index is -3.63. The number of fused-ring (bicyclic) bond motifs is 1. The zero-order valence-corrected chi connectivity index (χ0v) is 17.2. The summed E-state index contributed by atoms with van der Waals surface area (Å²) in [5.41, 5.74) is 1.88. The largest absolute Gasteiger partial charge is 0.457 e. The summed E-state index contributed by atoms with van der Waals surface area (Å²) in [5, 5.41) is 9.03. The fraction of sp³-hybridized carbons (Fsp3) is 0.333. The van der Waals surface area contributed by atoms with Gasteiger partial charge in [-0.2, -0.15) is 5.26 Å². The number of nitrogens with one attached hydrogen (secondary N) is 1. The third-order valence-corrected chi connectivity index (χ3v) is 6.04. The summed E-state index contributed by atoms with van der Waals surface area (Å²) in [5.74, 6) is -0.0900. The van der Waals surface area contributed by atoms with Gasteiger partial charge in [0.15, 0.2) is 6.01 Å². The molecule has 0 bridgehead atoms. The summed E-state index contributed by atoms with van der Waals surface area (Å²) in [6, 6.07) is 7.15. The van der Waals surface area contributed by atoms with E-state index in [9.17, 15) is 13.0 Å². The molecule has 0 radical (unpaired) electrons. The van der Waals surface area contributed by atoms with E-state index >= 15 is 0 Å². The molecule has 0 saturated carbocycles. The van der Waals surface area contributed by atoms with Gasteiger partial charge in [-0.3, -0.25) is 4.99 Å². The molecule has 3 rings (SSSR count). The molecule has 2 aromatic carbocycles. The van der Waals surface area contributed by atoms with E-state index in [4.69, 9.17) is 19.5 Å². The van der Waals surface area contributed by atoms with Crippen molar-refractivity contribution in [2.75, 3.05) is 26.3 Å². The van der Waals surface area contributed by atoms with Crippen LogP contribution in [0.5, 0.6) is 11.5 Å². The van der Waals surface area contributed by atoms with Crippen LogP contribution in [-0.4, -0.2) is 36.2 Å². The van der Waals surface area contributed by atoms with E-state index in [-0.39, 0.29) is 16.2 Å². The van der Waals surface area contributed by atoms with Crippen molar-refractivity contribution in [1.82, 2.24) is 0 Å². The van der Waals surface area contributed by atoms with Crippen LogP contribution in [0, 0.1) is 21.9 Å². The zero-order valence-electron chi connectivity index (χ0n) is 16.4. The van der Waals surface area contributed by atoms with Gasteiger partial charge in [0.1, 0.15) is 27.0 Å². The van der Waals surface area contributed by atoms with E-state index < -0.39 is 21.6 Å². The molecule has 0 heterocycles. The average Bonchev–Trinajstić information content (AvgIpc) is 3.15. The highest BCUT2D eigenvalue weighted by Gasteiger charge is 2.29. The summed E-state index contributed by atoms with van der Waals surface area (Å²) in [4.78, 5) is 4.64. The maximum atomic E-state index is 13.8. The van der Waals surface area contributed by atoms with Crippen molar-refractivity contribution in [1.29, 1.82) is 10.0 Å². The molecule has 30 heavy (non-hydrogen) atoms. The molecule has 1 aliphatic rings. The molecule has 1 aliphatic carbocycles. The molecule has 0 saturated heterocycles. The van der Waals surface area contributed by atoms with Gasteiger partial charge in [-0.25, -0.2) is 17.8 Å². The summed E-state index contributed by atoms with van der Waals surface area (Å²) >= 11 is 0. The van der Waals surface area contributed by atoms with Gasteiger partial charge in [-0.1, -0.05) is 0 Å². The molecule has 1 atom stereocenters. The van der Waals surface area contributed by atoms with Gasteiger partial charge < -0.3 is 9.47 Å². The lowest BCUT2D eigenvalue weighted by Gasteiger charge is -2.15. The topological polar surface area (TPSA) is 95.5 Å². The third-order valence-electron chi connectivity index (χ3n) is 4.68. The zero-order chi connectivity index (χ0) is 21.7. The minimum Gasteiger partial charge on any atom is -0.457 e. The number of methoxy groups -OCH3 is 1. The Balaban J connectivity index is 2.05. The Labute approximate surface area is 174 Å². The molecule has 9 heteroatoms. The molecule has 158 valence electrons. The van der Waals surface area contributed by atoms with Gasteiger partial charge in [0.25, 0.3) is 0 Å². The molecule has 6 nitrogen and oxygen atoms in total. The first kappa shape index (κ1) is 21.9. The first-order valence-electron chi connectivity index (χ1n) is 9.29. The number of alkyl halides is 1. The van der Waals surface area contributed by atoms with Crippen molar-refractivity contribution in [3.8, 4) is 17.6 Å². The second kappa shape index (κ2) is 9.32. The fourth-order valence-corrected chi connectivity index (χ4v) is 4.34. The number of hydrogen-bond donors (Lipinski definition) is 1. The van der Waals surface area contributed by atoms with Crippen LogP contribution in [0.2, 0.25) is 0 Å². The number of halogens is 2. The molecule has 2 aromatic rings. The van der Waals surface area contributed by atoms with E-state index in [0.717, 1.165) is 12.1 Å². The number of nitriles is 1. The van der Waals surface area contributed by atoms with Crippen molar-refractivity contribution in [3.05, 3.63) is 52.8 Å². The SMILES string of the molecule is COCCC/N=C1/CCc2c(Oc3cc(F)cc(C#N)c3)ccc(S(=N)(=O)CF)c21. The van der Waals surface area contributed by atoms with Gasteiger partial charge in [-0.15, -0.1) is 0 Å². The molecular formula is C21H21F2N3O3S. The molecule has 0 amide bonds. The Kier molecular flexibility index (Phi) is 6.80. The van der Waals surface area contributed by atoms with E-state index in [0.29, 0.717) is 55.0 Å². The lowest BCUT2D eigenvalue weighted by molar-refractivity contribution is 0.197. The molecule has 0 aromatic heterocycles. The van der Waals surface area contributed by atoms with E-state index in [1.807, 2.05) is 6.07 Å². The summed E-state index contributed by atoms with van der Waals surface area (Å²) in [6.45, 7) is 1.03. The van der Waals surface area contributed by atoms with E-state index in [2.05, 4.69) is 4.99 Å². The van der Waals surface area contributed by atoms with Crippen molar-refractivity contribution >= 4 is 15.4 Å². The van der Waals surface area contributed by atoms with Crippen molar-refractivity contribution in [2.24, 2.45) is 4.99 Å². The number of rotatable bonds is 8. The first-order chi connectivity index (χ1) is 14.4. The van der Waals surface area contributed by atoms with Gasteiger partial charge >= 0.3 is 0 Å². The molecular weight excluding hydrogens is 412 g/mol. The Bertz CT molecular complexity index is 1130. The highest BCUT2D eigenvalue weighted by atomic mass is 32.2. The van der Waals surface area contributed by atoms with Crippen LogP contribution in [0.1, 0.15) is 29.5 Å². The quantitative estimate of drug-likeness (QED) is 0.616. The third kappa shape index (κ3) is 4.66. The van der Waals surface area contributed by atoms with Crippen molar-refractivity contribution in [3.63, 3.8) is 0 Å². The Morgan fingerprint density at radius 2 is 2.10 bits per heavy atom. The van der Waals surface area contributed by atoms with Gasteiger partial charge in [-0.05, 0) is 43.5 Å². The van der Waals surface area contributed by atoms with Gasteiger partial charge in [0, 0.05) is 43.2 Å². The lowest BCUT2D eigenvalue weighted by Crippen LogP contribution is -2.09. The fourth-order valence-electron chi connectivity index (χ4n) is 3.36. The Morgan fingerprint density at radius 1 is 1.30 bits per heavy atom. The van der Waals surface area contributed by atoms with Crippen LogP contribution in [0.25, 0.3) is 0 Å². The van der Waals surface area contributed by atoms with E-state index in [1.165, 1.54) is 18.2 Å². The van der Waals surface area contributed by atoms with Crippen LogP contribution in [0.3, 0.4) is 0 Å². The number of ether oxygens (including phenoxy) is 2. The van der Waals surface area contributed by atoms with Crippen LogP contribution >= 0.6 is 0 Å². The van der Waals surface area contributed by atoms with E-state index in [1.54, 1.807) is 7.11 Å². The predicted molar refractivity (Wildman–Crippen MR) is 109 cm³/mol. The number of benzene rings is 2. The molecule has 0 spiro atoms. The second-order valence-electron chi connectivity index (χ2n) is 6.76. The number of aliphatic imine (C=N–C) groups is 1. The smallest absolute Gasteiger partial charge is 0.176 e. The molecule has 1 unspecified atom stereocenters. The predicted octanol–water partition coefficient (Wildman–Crippen LogP) is 4.59. The summed E-state index contributed by atoms with van der Waals surface area (Å²) in [6.07, 6.45) is 1.73. The second-order valence-corrected chi connectivity index (χ2v) is 8.77. The number of hydrogen-bond acceptors (Lipinski definition) is 6. The van der Waals surface area contributed by atoms with Crippen molar-refractivity contribution < 1.29 is 22.5 Å². The van der Waals surface area contributed by atoms with Gasteiger partial charge in [0.2, 0.25) is 0 Å². The maximum absolute atomic E-state index is 13.8. The average molecular weight is 433 g/mol. The standard InChI is InChI=1S/C21H21F2N3O3S/c1-28-8-2-7-26-18-4-3-17-19(5-6-20(21(17)18)30(25,27)13-22)29-16-10-14(12-24)9-15(23)11-16/h5-6,9-11,25H,2-4,7-8,13H2,1H3/b26-18-. The normalized spacial score (nSPS) is 16.1.